The van der Waals surface area contributed by atoms with Crippen LogP contribution in [0, 0.1) is 10.1 Å². The molecule has 0 aliphatic heterocycles. The number of nitrogens with zero attached hydrogens (tertiary/aromatic N) is 2. The molecule has 2 rings (SSSR count). The van der Waals surface area contributed by atoms with Gasteiger partial charge in [-0.1, -0.05) is 30.3 Å². The zero-order chi connectivity index (χ0) is 21.4. The monoisotopic (exact) mass is 402 g/mol. The largest absolute Gasteiger partial charge is 0.493 e. The van der Waals surface area contributed by atoms with Crippen LogP contribution in [-0.2, 0) is 16.1 Å². The molecule has 0 saturated heterocycles. The zero-order valence-corrected chi connectivity index (χ0v) is 16.4. The van der Waals surface area contributed by atoms with Gasteiger partial charge in [-0.25, -0.2) is 4.79 Å². The molecule has 0 bridgehead atoms. The second-order valence-electron chi connectivity index (χ2n) is 6.02. The predicted octanol–water partition coefficient (Wildman–Crippen LogP) is 2.82. The van der Waals surface area contributed by atoms with E-state index in [0.717, 1.165) is 11.6 Å². The van der Waals surface area contributed by atoms with Gasteiger partial charge in [-0.3, -0.25) is 14.9 Å². The number of benzene rings is 2. The molecule has 2 aromatic carbocycles. The third-order valence-corrected chi connectivity index (χ3v) is 4.01. The molecule has 0 aliphatic rings. The lowest BCUT2D eigenvalue weighted by Gasteiger charge is -2.17. The lowest BCUT2D eigenvalue weighted by molar-refractivity contribution is -0.385. The third-order valence-electron chi connectivity index (χ3n) is 4.01. The number of rotatable bonds is 9. The van der Waals surface area contributed by atoms with Gasteiger partial charge in [0.25, 0.3) is 11.6 Å². The Morgan fingerprint density at radius 3 is 2.41 bits per heavy atom. The summed E-state index contributed by atoms with van der Waals surface area (Å²) in [4.78, 5) is 36.7. The Kier molecular flexibility index (Phi) is 7.53. The van der Waals surface area contributed by atoms with Gasteiger partial charge in [-0.05, 0) is 12.5 Å². The standard InChI is InChI=1S/C20H22N2O7/c1-4-28-18-11-16(22(25)26)15(10-17(18)27-3)20(24)29-13-19(23)21(2)12-14-8-6-5-7-9-14/h5-11H,4,12-13H2,1-3H3. The molecule has 0 aromatic heterocycles. The number of hydrogen-bond acceptors (Lipinski definition) is 7. The van der Waals surface area contributed by atoms with Crippen molar-refractivity contribution >= 4 is 17.6 Å². The van der Waals surface area contributed by atoms with Gasteiger partial charge in [0.1, 0.15) is 5.56 Å². The van der Waals surface area contributed by atoms with Crippen molar-refractivity contribution in [1.29, 1.82) is 0 Å². The minimum absolute atomic E-state index is 0.136. The maximum atomic E-state index is 12.4. The van der Waals surface area contributed by atoms with Gasteiger partial charge in [-0.15, -0.1) is 0 Å². The van der Waals surface area contributed by atoms with Crippen molar-refractivity contribution in [1.82, 2.24) is 4.90 Å². The number of ether oxygens (including phenoxy) is 3. The van der Waals surface area contributed by atoms with Gasteiger partial charge in [0.15, 0.2) is 18.1 Å². The first-order valence-electron chi connectivity index (χ1n) is 8.81. The van der Waals surface area contributed by atoms with Gasteiger partial charge in [-0.2, -0.15) is 0 Å². The van der Waals surface area contributed by atoms with E-state index in [1.165, 1.54) is 18.1 Å². The fraction of sp³-hybridized carbons (Fsp3) is 0.300. The number of carbonyl (C=O) groups is 2. The van der Waals surface area contributed by atoms with Gasteiger partial charge in [0.05, 0.1) is 24.7 Å². The molecule has 0 atom stereocenters. The predicted molar refractivity (Wildman–Crippen MR) is 104 cm³/mol. The minimum atomic E-state index is -1.00. The Labute approximate surface area is 167 Å². The topological polar surface area (TPSA) is 108 Å². The second kappa shape index (κ2) is 10.1. The Hall–Kier alpha value is -3.62. The summed E-state index contributed by atoms with van der Waals surface area (Å²) in [5, 5.41) is 11.4. The van der Waals surface area contributed by atoms with Gasteiger partial charge < -0.3 is 19.1 Å². The Bertz CT molecular complexity index is 884. The van der Waals surface area contributed by atoms with Crippen LogP contribution in [0.2, 0.25) is 0 Å². The molecule has 0 N–H and O–H groups in total. The first-order valence-corrected chi connectivity index (χ1v) is 8.81. The Balaban J connectivity index is 2.11. The van der Waals surface area contributed by atoms with Crippen LogP contribution in [0.4, 0.5) is 5.69 Å². The maximum absolute atomic E-state index is 12.4. The van der Waals surface area contributed by atoms with E-state index in [-0.39, 0.29) is 23.7 Å². The van der Waals surface area contributed by atoms with Crippen molar-refractivity contribution in [3.63, 3.8) is 0 Å². The number of hydrogen-bond donors (Lipinski definition) is 0. The first kappa shape index (κ1) is 21.7. The molecule has 0 saturated carbocycles. The first-order chi connectivity index (χ1) is 13.9. The highest BCUT2D eigenvalue weighted by molar-refractivity contribution is 5.96. The van der Waals surface area contributed by atoms with E-state index in [4.69, 9.17) is 14.2 Å². The summed E-state index contributed by atoms with van der Waals surface area (Å²) in [7, 11) is 2.92. The fourth-order valence-electron chi connectivity index (χ4n) is 2.55. The molecule has 29 heavy (non-hydrogen) atoms. The summed E-state index contributed by atoms with van der Waals surface area (Å²) in [5.41, 5.74) is 0.0970. The van der Waals surface area contributed by atoms with E-state index in [9.17, 15) is 19.7 Å². The Morgan fingerprint density at radius 1 is 1.14 bits per heavy atom. The molecule has 0 unspecified atom stereocenters. The number of methoxy groups -OCH3 is 1. The molecule has 1 amide bonds. The van der Waals surface area contributed by atoms with Crippen LogP contribution in [0.1, 0.15) is 22.8 Å². The molecular weight excluding hydrogens is 380 g/mol. The van der Waals surface area contributed by atoms with Crippen molar-refractivity contribution in [2.24, 2.45) is 0 Å². The van der Waals surface area contributed by atoms with Crippen LogP contribution in [0.15, 0.2) is 42.5 Å². The molecule has 0 fully saturated rings. The number of esters is 1. The summed E-state index contributed by atoms with van der Waals surface area (Å²) >= 11 is 0. The van der Waals surface area contributed by atoms with E-state index in [1.54, 1.807) is 14.0 Å². The molecular formula is C20H22N2O7. The highest BCUT2D eigenvalue weighted by Crippen LogP contribution is 2.35. The summed E-state index contributed by atoms with van der Waals surface area (Å²) in [6, 6.07) is 11.6. The third kappa shape index (κ3) is 5.68. The van der Waals surface area contributed by atoms with Crippen LogP contribution in [0.3, 0.4) is 0 Å². The molecule has 0 heterocycles. The van der Waals surface area contributed by atoms with E-state index in [1.807, 2.05) is 30.3 Å². The summed E-state index contributed by atoms with van der Waals surface area (Å²) in [5.74, 6) is -1.16. The van der Waals surface area contributed by atoms with Gasteiger partial charge in [0.2, 0.25) is 0 Å². The van der Waals surface area contributed by atoms with E-state index in [2.05, 4.69) is 0 Å². The van der Waals surface area contributed by atoms with Gasteiger partial charge in [0, 0.05) is 19.7 Å². The molecule has 9 heteroatoms. The van der Waals surface area contributed by atoms with E-state index >= 15 is 0 Å². The molecule has 9 nitrogen and oxygen atoms in total. The van der Waals surface area contributed by atoms with Crippen LogP contribution < -0.4 is 9.47 Å². The van der Waals surface area contributed by atoms with Crippen molar-refractivity contribution in [3.8, 4) is 11.5 Å². The van der Waals surface area contributed by atoms with Crippen molar-refractivity contribution < 1.29 is 28.7 Å². The minimum Gasteiger partial charge on any atom is -0.493 e. The van der Waals surface area contributed by atoms with E-state index < -0.39 is 29.1 Å². The molecule has 0 radical (unpaired) electrons. The normalized spacial score (nSPS) is 10.2. The SMILES string of the molecule is CCOc1cc([N+](=O)[O-])c(C(=O)OCC(=O)N(C)Cc2ccccc2)cc1OC. The van der Waals surface area contributed by atoms with Crippen LogP contribution in [0.5, 0.6) is 11.5 Å². The number of amides is 1. The summed E-state index contributed by atoms with van der Waals surface area (Å²) in [6.07, 6.45) is 0. The number of likely N-dealkylation sites (N-methyl/N-ethyl adjacent to an activating group) is 1. The molecule has 2 aromatic rings. The summed E-state index contributed by atoms with van der Waals surface area (Å²) < 4.78 is 15.4. The number of nitro benzene ring substituents is 1. The molecule has 0 spiro atoms. The van der Waals surface area contributed by atoms with Crippen LogP contribution in [0.25, 0.3) is 0 Å². The molecule has 0 aliphatic carbocycles. The van der Waals surface area contributed by atoms with Crippen LogP contribution >= 0.6 is 0 Å². The lowest BCUT2D eigenvalue weighted by Crippen LogP contribution is -2.30. The quantitative estimate of drug-likeness (QED) is 0.360. The van der Waals surface area contributed by atoms with E-state index in [0.29, 0.717) is 6.54 Å². The van der Waals surface area contributed by atoms with Crippen molar-refractivity contribution in [2.45, 2.75) is 13.5 Å². The fourth-order valence-corrected chi connectivity index (χ4v) is 2.55. The smallest absolute Gasteiger partial charge is 0.345 e. The summed E-state index contributed by atoms with van der Waals surface area (Å²) in [6.45, 7) is 1.77. The highest BCUT2D eigenvalue weighted by Gasteiger charge is 2.26. The lowest BCUT2D eigenvalue weighted by atomic mass is 10.1. The van der Waals surface area contributed by atoms with Gasteiger partial charge >= 0.3 is 5.97 Å². The number of nitro groups is 1. The second-order valence-corrected chi connectivity index (χ2v) is 6.02. The average Bonchev–Trinajstić information content (AvgIpc) is 2.72. The maximum Gasteiger partial charge on any atom is 0.345 e. The van der Waals surface area contributed by atoms with Crippen molar-refractivity contribution in [2.75, 3.05) is 27.4 Å². The Morgan fingerprint density at radius 2 is 1.83 bits per heavy atom. The van der Waals surface area contributed by atoms with Crippen molar-refractivity contribution in [3.05, 3.63) is 63.7 Å². The van der Waals surface area contributed by atoms with Crippen LogP contribution in [-0.4, -0.2) is 49.1 Å². The number of carbonyl (C=O) groups excluding carboxylic acids is 2. The zero-order valence-electron chi connectivity index (χ0n) is 16.4. The highest BCUT2D eigenvalue weighted by atomic mass is 16.6. The molecule has 154 valence electrons. The average molecular weight is 402 g/mol.